The Morgan fingerprint density at radius 3 is 2.50 bits per heavy atom. The van der Waals surface area contributed by atoms with Gasteiger partial charge in [0.15, 0.2) is 6.04 Å². The van der Waals surface area contributed by atoms with Gasteiger partial charge in [-0.2, -0.15) is 5.10 Å². The molecule has 1 aromatic carbocycles. The molecule has 3 nitrogen and oxygen atoms in total. The fourth-order valence-corrected chi connectivity index (χ4v) is 1.58. The first-order valence-corrected chi connectivity index (χ1v) is 4.65. The monoisotopic (exact) mass is 188 g/mol. The van der Waals surface area contributed by atoms with Gasteiger partial charge in [0.05, 0.1) is 5.69 Å². The second-order valence-electron chi connectivity index (χ2n) is 3.34. The summed E-state index contributed by atoms with van der Waals surface area (Å²) in [5, 5.41) is 4.14. The van der Waals surface area contributed by atoms with Gasteiger partial charge in [0.1, 0.15) is 0 Å². The third kappa shape index (κ3) is 1.54. The number of aryl methyl sites for hydroxylation is 1. The lowest BCUT2D eigenvalue weighted by Crippen LogP contribution is -2.54. The molecule has 2 aromatic rings. The van der Waals surface area contributed by atoms with Crippen LogP contribution in [0.3, 0.4) is 0 Å². The summed E-state index contributed by atoms with van der Waals surface area (Å²) < 4.78 is 1.87. The maximum Gasteiger partial charge on any atom is 0.152 e. The van der Waals surface area contributed by atoms with E-state index < -0.39 is 0 Å². The predicted molar refractivity (Wildman–Crippen MR) is 54.4 cm³/mol. The molecule has 2 rings (SSSR count). The van der Waals surface area contributed by atoms with Crippen molar-refractivity contribution in [3.63, 3.8) is 0 Å². The SMILES string of the molecule is Cn1nccc1[C@@H]([NH3+])c1ccccc1. The number of benzene rings is 1. The van der Waals surface area contributed by atoms with Crippen molar-refractivity contribution in [2.24, 2.45) is 7.05 Å². The summed E-state index contributed by atoms with van der Waals surface area (Å²) >= 11 is 0. The van der Waals surface area contributed by atoms with Gasteiger partial charge in [0, 0.05) is 18.8 Å². The Hall–Kier alpha value is -1.61. The van der Waals surface area contributed by atoms with E-state index in [1.165, 1.54) is 5.56 Å². The Labute approximate surface area is 83.2 Å². The second kappa shape index (κ2) is 3.64. The topological polar surface area (TPSA) is 45.5 Å². The van der Waals surface area contributed by atoms with Gasteiger partial charge in [0.25, 0.3) is 0 Å². The molecule has 0 spiro atoms. The number of hydrogen-bond acceptors (Lipinski definition) is 1. The van der Waals surface area contributed by atoms with Crippen LogP contribution in [0.25, 0.3) is 0 Å². The van der Waals surface area contributed by atoms with E-state index in [4.69, 9.17) is 0 Å². The molecule has 14 heavy (non-hydrogen) atoms. The van der Waals surface area contributed by atoms with E-state index >= 15 is 0 Å². The van der Waals surface area contributed by atoms with Gasteiger partial charge in [-0.15, -0.1) is 0 Å². The fraction of sp³-hybridized carbons (Fsp3) is 0.182. The minimum Gasteiger partial charge on any atom is -0.346 e. The van der Waals surface area contributed by atoms with E-state index in [0.29, 0.717) is 0 Å². The molecule has 72 valence electrons. The van der Waals surface area contributed by atoms with Gasteiger partial charge in [-0.3, -0.25) is 4.68 Å². The highest BCUT2D eigenvalue weighted by atomic mass is 15.3. The maximum absolute atomic E-state index is 4.15. The zero-order chi connectivity index (χ0) is 9.97. The lowest BCUT2D eigenvalue weighted by atomic mass is 10.1. The average Bonchev–Trinajstić information content (AvgIpc) is 2.65. The molecule has 1 heterocycles. The van der Waals surface area contributed by atoms with Crippen LogP contribution in [0.2, 0.25) is 0 Å². The number of quaternary nitrogens is 1. The molecule has 0 radical (unpaired) electrons. The van der Waals surface area contributed by atoms with E-state index in [-0.39, 0.29) is 6.04 Å². The molecule has 0 saturated carbocycles. The molecule has 0 aliphatic rings. The van der Waals surface area contributed by atoms with Crippen molar-refractivity contribution in [3.05, 3.63) is 53.9 Å². The second-order valence-corrected chi connectivity index (χ2v) is 3.34. The summed E-state index contributed by atoms with van der Waals surface area (Å²) in [5.41, 5.74) is 6.50. The summed E-state index contributed by atoms with van der Waals surface area (Å²) in [5.74, 6) is 0. The zero-order valence-electron chi connectivity index (χ0n) is 8.22. The Balaban J connectivity index is 2.34. The van der Waals surface area contributed by atoms with E-state index in [1.807, 2.05) is 36.0 Å². The van der Waals surface area contributed by atoms with Crippen LogP contribution in [0.15, 0.2) is 42.6 Å². The first-order valence-electron chi connectivity index (χ1n) is 4.65. The summed E-state index contributed by atoms with van der Waals surface area (Å²) in [6.07, 6.45) is 1.80. The van der Waals surface area contributed by atoms with Crippen LogP contribution in [-0.4, -0.2) is 9.78 Å². The third-order valence-corrected chi connectivity index (χ3v) is 2.42. The predicted octanol–water partition coefficient (Wildman–Crippen LogP) is 0.751. The van der Waals surface area contributed by atoms with Crippen molar-refractivity contribution < 1.29 is 5.73 Å². The van der Waals surface area contributed by atoms with Crippen LogP contribution < -0.4 is 5.73 Å². The van der Waals surface area contributed by atoms with Gasteiger partial charge in [0.2, 0.25) is 0 Å². The third-order valence-electron chi connectivity index (χ3n) is 2.42. The lowest BCUT2D eigenvalue weighted by Gasteiger charge is -2.08. The van der Waals surface area contributed by atoms with Crippen LogP contribution in [-0.2, 0) is 7.05 Å². The number of rotatable bonds is 2. The van der Waals surface area contributed by atoms with Crippen molar-refractivity contribution >= 4 is 0 Å². The highest BCUT2D eigenvalue weighted by molar-refractivity contribution is 5.24. The molecule has 1 atom stereocenters. The molecule has 3 N–H and O–H groups in total. The highest BCUT2D eigenvalue weighted by Gasteiger charge is 2.14. The largest absolute Gasteiger partial charge is 0.346 e. The molecule has 0 aliphatic carbocycles. The van der Waals surface area contributed by atoms with Crippen molar-refractivity contribution in [2.45, 2.75) is 6.04 Å². The number of nitrogens with zero attached hydrogens (tertiary/aromatic N) is 2. The molecule has 0 saturated heterocycles. The Morgan fingerprint density at radius 2 is 1.93 bits per heavy atom. The molecule has 1 aromatic heterocycles. The molecule has 0 unspecified atom stereocenters. The fourth-order valence-electron chi connectivity index (χ4n) is 1.58. The van der Waals surface area contributed by atoms with E-state index in [9.17, 15) is 0 Å². The van der Waals surface area contributed by atoms with Crippen molar-refractivity contribution in [3.8, 4) is 0 Å². The molecule has 0 amide bonds. The molecular weight excluding hydrogens is 174 g/mol. The molecule has 0 fully saturated rings. The molecular formula is C11H14N3+. The van der Waals surface area contributed by atoms with Gasteiger partial charge in [-0.25, -0.2) is 0 Å². The first-order chi connectivity index (χ1) is 6.79. The van der Waals surface area contributed by atoms with Gasteiger partial charge in [-0.05, 0) is 6.07 Å². The van der Waals surface area contributed by atoms with Gasteiger partial charge in [-0.1, -0.05) is 30.3 Å². The van der Waals surface area contributed by atoms with Crippen LogP contribution in [0.1, 0.15) is 17.3 Å². The number of aromatic nitrogens is 2. The minimum absolute atomic E-state index is 0.156. The minimum atomic E-state index is 0.156. The zero-order valence-corrected chi connectivity index (χ0v) is 8.22. The first kappa shape index (κ1) is 8.97. The Kier molecular flexibility index (Phi) is 2.33. The van der Waals surface area contributed by atoms with E-state index in [0.717, 1.165) is 5.69 Å². The summed E-state index contributed by atoms with van der Waals surface area (Å²) in [4.78, 5) is 0. The van der Waals surface area contributed by atoms with Crippen LogP contribution in [0.5, 0.6) is 0 Å². The lowest BCUT2D eigenvalue weighted by molar-refractivity contribution is -0.413. The van der Waals surface area contributed by atoms with E-state index in [1.54, 1.807) is 6.20 Å². The Morgan fingerprint density at radius 1 is 1.21 bits per heavy atom. The highest BCUT2D eigenvalue weighted by Crippen LogP contribution is 2.15. The molecule has 3 heteroatoms. The average molecular weight is 188 g/mol. The van der Waals surface area contributed by atoms with Crippen LogP contribution in [0.4, 0.5) is 0 Å². The number of hydrogen-bond donors (Lipinski definition) is 1. The molecule has 0 aliphatic heterocycles. The van der Waals surface area contributed by atoms with E-state index in [2.05, 4.69) is 23.0 Å². The summed E-state index contributed by atoms with van der Waals surface area (Å²) in [6.45, 7) is 0. The van der Waals surface area contributed by atoms with Crippen molar-refractivity contribution in [1.29, 1.82) is 0 Å². The summed E-state index contributed by atoms with van der Waals surface area (Å²) in [6, 6.07) is 12.4. The van der Waals surface area contributed by atoms with Crippen LogP contribution in [0, 0.1) is 0 Å². The van der Waals surface area contributed by atoms with Gasteiger partial charge >= 0.3 is 0 Å². The smallest absolute Gasteiger partial charge is 0.152 e. The summed E-state index contributed by atoms with van der Waals surface area (Å²) in [7, 11) is 1.94. The van der Waals surface area contributed by atoms with Crippen molar-refractivity contribution in [1.82, 2.24) is 9.78 Å². The van der Waals surface area contributed by atoms with Crippen LogP contribution >= 0.6 is 0 Å². The quantitative estimate of drug-likeness (QED) is 0.742. The standard InChI is InChI=1S/C11H13N3/c1-14-10(7-8-13-14)11(12)9-5-3-2-4-6-9/h2-8,11H,12H2,1H3/p+1/t11-/m0/s1. The Bertz CT molecular complexity index is 405. The normalized spacial score (nSPS) is 12.7. The van der Waals surface area contributed by atoms with Gasteiger partial charge < -0.3 is 5.73 Å². The maximum atomic E-state index is 4.15. The van der Waals surface area contributed by atoms with Crippen molar-refractivity contribution in [2.75, 3.05) is 0 Å². The molecule has 0 bridgehead atoms.